The van der Waals surface area contributed by atoms with Gasteiger partial charge in [-0.15, -0.1) is 0 Å². The Morgan fingerprint density at radius 3 is 0.883 bits per heavy atom. The molecule has 0 radical (unpaired) electrons. The number of aryl methyl sites for hydroxylation is 2. The first-order valence-electron chi connectivity index (χ1n) is 39.1. The SMILES string of the molecule is CCOC(=O)CC(c1ccc(F)cc1)c1ccc(OCc2cccc(-c3ccc(Cl)cc3C)c2)cc1.CCOC(=O)CC(c1ccc(F)cc1)c1ccc(OCc2cccc(I)c2)cc1.CCOC(=O)CC(c1ccc(O)cc1)c1ccc(F)cc1.Cc1cc(Cl)ccc1-c1cccc(COc2ccc(C(CC(=O)O)c3ccc(F)cc3)cc2)c1. The van der Waals surface area contributed by atoms with E-state index in [1.807, 2.05) is 166 Å². The molecule has 0 bridgehead atoms. The number of phenolic OH excluding ortho intramolecular Hbond substituents is 1. The van der Waals surface area contributed by atoms with E-state index in [0.29, 0.717) is 50.4 Å². The quantitative estimate of drug-likeness (QED) is 0.0190. The van der Waals surface area contributed by atoms with Crippen LogP contribution in [0.15, 0.2) is 303 Å². The number of carboxylic acid groups (broad SMARTS) is 1. The highest BCUT2D eigenvalue weighted by Gasteiger charge is 2.24. The van der Waals surface area contributed by atoms with Crippen molar-refractivity contribution in [2.45, 2.75) is 104 Å². The van der Waals surface area contributed by atoms with Gasteiger partial charge in [-0.05, 0) is 297 Å². The van der Waals surface area contributed by atoms with Crippen molar-refractivity contribution < 1.29 is 75.4 Å². The number of phenols is 1. The molecule has 0 aliphatic rings. The van der Waals surface area contributed by atoms with Crippen LogP contribution in [0.25, 0.3) is 22.3 Å². The summed E-state index contributed by atoms with van der Waals surface area (Å²) < 4.78 is 87.5. The zero-order chi connectivity index (χ0) is 85.5. The van der Waals surface area contributed by atoms with Gasteiger partial charge >= 0.3 is 23.9 Å². The third kappa shape index (κ3) is 28.1. The van der Waals surface area contributed by atoms with Crippen LogP contribution in [-0.4, -0.2) is 53.9 Å². The average molecular weight is 1770 g/mol. The Bertz CT molecular complexity index is 5420. The molecular weight excluding hydrogens is 1680 g/mol. The number of ether oxygens (including phenoxy) is 6. The van der Waals surface area contributed by atoms with E-state index in [9.17, 15) is 47.0 Å². The van der Waals surface area contributed by atoms with E-state index in [1.165, 1.54) is 52.1 Å². The molecule has 13 aromatic carbocycles. The molecule has 0 spiro atoms. The Kier molecular flexibility index (Phi) is 34.5. The Hall–Kier alpha value is -12.0. The number of rotatable bonds is 30. The monoisotopic (exact) mass is 1770 g/mol. The van der Waals surface area contributed by atoms with Crippen LogP contribution in [0.5, 0.6) is 23.0 Å². The number of hydrogen-bond donors (Lipinski definition) is 2. The maximum absolute atomic E-state index is 13.5. The molecule has 4 unspecified atom stereocenters. The Morgan fingerprint density at radius 2 is 0.608 bits per heavy atom. The summed E-state index contributed by atoms with van der Waals surface area (Å²) in [5.74, 6) is -1.80. The fourth-order valence-corrected chi connectivity index (χ4v) is 14.7. The molecule has 0 fully saturated rings. The second kappa shape index (κ2) is 45.8. The summed E-state index contributed by atoms with van der Waals surface area (Å²) in [5, 5.41) is 20.2. The highest BCUT2D eigenvalue weighted by atomic mass is 127. The van der Waals surface area contributed by atoms with Gasteiger partial charge in [0, 0.05) is 37.3 Å². The van der Waals surface area contributed by atoms with Crippen molar-refractivity contribution >= 4 is 69.7 Å². The normalized spacial score (nSPS) is 11.7. The van der Waals surface area contributed by atoms with Crippen molar-refractivity contribution in [3.63, 3.8) is 0 Å². The van der Waals surface area contributed by atoms with Crippen LogP contribution in [0, 0.1) is 40.7 Å². The Morgan fingerprint density at radius 1 is 0.342 bits per heavy atom. The van der Waals surface area contributed by atoms with Gasteiger partial charge in [0.2, 0.25) is 0 Å². The molecule has 19 heteroatoms. The van der Waals surface area contributed by atoms with E-state index in [-0.39, 0.29) is 96.3 Å². The lowest BCUT2D eigenvalue weighted by Gasteiger charge is -2.18. The van der Waals surface area contributed by atoms with Gasteiger partial charge in [-0.25, -0.2) is 17.6 Å². The van der Waals surface area contributed by atoms with E-state index >= 15 is 0 Å². The number of carbonyl (C=O) groups is 4. The number of aromatic hydroxyl groups is 1. The van der Waals surface area contributed by atoms with E-state index in [0.717, 1.165) is 111 Å². The molecule has 2 N–H and O–H groups in total. The Labute approximate surface area is 721 Å². The molecule has 12 nitrogen and oxygen atoms in total. The highest BCUT2D eigenvalue weighted by molar-refractivity contribution is 14.1. The van der Waals surface area contributed by atoms with Gasteiger partial charge in [-0.2, -0.15) is 0 Å². The molecule has 0 amide bonds. The molecule has 0 aliphatic heterocycles. The first-order valence-corrected chi connectivity index (χ1v) is 40.9. The van der Waals surface area contributed by atoms with Gasteiger partial charge in [0.15, 0.2) is 0 Å². The van der Waals surface area contributed by atoms with Crippen LogP contribution in [0.2, 0.25) is 10.0 Å². The average Bonchev–Trinajstić information content (AvgIpc) is 0.843. The van der Waals surface area contributed by atoms with Crippen LogP contribution in [0.1, 0.15) is 142 Å². The van der Waals surface area contributed by atoms with Crippen molar-refractivity contribution in [3.05, 3.63) is 413 Å². The summed E-state index contributed by atoms with van der Waals surface area (Å²) in [6.45, 7) is 11.7. The molecule has 120 heavy (non-hydrogen) atoms. The lowest BCUT2D eigenvalue weighted by Crippen LogP contribution is -2.11. The van der Waals surface area contributed by atoms with Crippen molar-refractivity contribution in [1.29, 1.82) is 0 Å². The van der Waals surface area contributed by atoms with Crippen molar-refractivity contribution in [3.8, 4) is 45.3 Å². The minimum Gasteiger partial charge on any atom is -0.508 e. The molecule has 0 heterocycles. The van der Waals surface area contributed by atoms with E-state index in [4.69, 9.17) is 51.6 Å². The van der Waals surface area contributed by atoms with Gasteiger partial charge in [0.25, 0.3) is 0 Å². The standard InChI is InChI=1S/C31H28ClFO3.C29H24ClFO3.C24H22FIO3.C17H17FO3/c1-3-35-31(34)19-30(23-7-12-27(33)13-8-23)24-9-14-28(15-10-24)36-20-22-5-4-6-25(18-22)29-16-11-26(32)17-21(29)2;1-19-15-24(30)9-14-27(19)23-4-2-3-20(16-23)18-34-26-12-7-22(8-13-26)28(17-29(32)33)21-5-10-25(31)11-6-21;1-2-28-24(27)15-23(18-6-10-20(25)11-7-18)19-8-12-22(13-9-19)29-16-17-4-3-5-21(26)14-17;1-2-21-17(20)11-16(12-3-7-14(18)8-4-12)13-5-9-15(19)10-6-13/h4-18,30H,3,19-20H2,1-2H3;2-16,28H,17-18H2,1H3,(H,32,33);3-14,23H,2,15-16H2,1H3;3-10,16,19H,2,11H2,1H3. The van der Waals surface area contributed by atoms with E-state index < -0.39 is 5.97 Å². The molecule has 0 saturated carbocycles. The zero-order valence-electron chi connectivity index (χ0n) is 66.9. The Balaban J connectivity index is 0.000000171. The fourth-order valence-electron chi connectivity index (χ4n) is 13.6. The molecule has 0 saturated heterocycles. The number of carbonyl (C=O) groups excluding carboxylic acids is 3. The maximum Gasteiger partial charge on any atom is 0.306 e. The third-order valence-corrected chi connectivity index (χ3v) is 20.7. The first-order chi connectivity index (χ1) is 58.0. The fraction of sp³-hybridized carbons (Fsp3) is 0.188. The molecule has 13 rings (SSSR count). The van der Waals surface area contributed by atoms with Crippen LogP contribution in [0.4, 0.5) is 17.6 Å². The van der Waals surface area contributed by atoms with Crippen molar-refractivity contribution in [2.75, 3.05) is 19.8 Å². The molecular formula is C101H91Cl2F4IO12. The largest absolute Gasteiger partial charge is 0.508 e. The highest BCUT2D eigenvalue weighted by Crippen LogP contribution is 2.37. The summed E-state index contributed by atoms with van der Waals surface area (Å²) in [5.41, 5.74) is 16.8. The number of benzene rings is 13. The van der Waals surface area contributed by atoms with Crippen molar-refractivity contribution in [2.24, 2.45) is 0 Å². The summed E-state index contributed by atoms with van der Waals surface area (Å²) in [7, 11) is 0. The predicted octanol–water partition coefficient (Wildman–Crippen LogP) is 25.5. The summed E-state index contributed by atoms with van der Waals surface area (Å²) in [6.07, 6.45) is 0.464. The summed E-state index contributed by atoms with van der Waals surface area (Å²) in [4.78, 5) is 47.5. The van der Waals surface area contributed by atoms with Gasteiger partial charge in [0.05, 0.1) is 45.5 Å². The topological polar surface area (TPSA) is 164 Å². The van der Waals surface area contributed by atoms with Crippen LogP contribution < -0.4 is 14.2 Å². The lowest BCUT2D eigenvalue weighted by molar-refractivity contribution is -0.144. The minimum atomic E-state index is -0.912. The van der Waals surface area contributed by atoms with Gasteiger partial charge in [-0.3, -0.25) is 19.2 Å². The summed E-state index contributed by atoms with van der Waals surface area (Å²) in [6, 6.07) is 90.2. The van der Waals surface area contributed by atoms with Crippen LogP contribution >= 0.6 is 45.8 Å². The van der Waals surface area contributed by atoms with Gasteiger partial charge in [-0.1, -0.05) is 181 Å². The number of halogens is 7. The van der Waals surface area contributed by atoms with E-state index in [1.54, 1.807) is 93.6 Å². The van der Waals surface area contributed by atoms with Crippen LogP contribution in [0.3, 0.4) is 0 Å². The van der Waals surface area contributed by atoms with Crippen molar-refractivity contribution in [1.82, 2.24) is 0 Å². The second-order valence-electron chi connectivity index (χ2n) is 28.2. The second-order valence-corrected chi connectivity index (χ2v) is 30.3. The minimum absolute atomic E-state index is 0.0806. The molecule has 616 valence electrons. The molecule has 13 aromatic rings. The summed E-state index contributed by atoms with van der Waals surface area (Å²) >= 11 is 14.5. The number of esters is 3. The van der Waals surface area contributed by atoms with Crippen LogP contribution in [-0.2, 0) is 53.2 Å². The molecule has 4 atom stereocenters. The van der Waals surface area contributed by atoms with E-state index in [2.05, 4.69) is 52.9 Å². The first kappa shape index (κ1) is 90.3. The third-order valence-electron chi connectivity index (χ3n) is 19.6. The number of carboxylic acids is 1. The molecule has 0 aliphatic carbocycles. The predicted molar refractivity (Wildman–Crippen MR) is 472 cm³/mol. The van der Waals surface area contributed by atoms with Gasteiger partial charge < -0.3 is 38.6 Å². The maximum atomic E-state index is 13.5. The number of hydrogen-bond acceptors (Lipinski definition) is 11. The lowest BCUT2D eigenvalue weighted by atomic mass is 9.88. The number of aliphatic carboxylic acids is 1. The smallest absolute Gasteiger partial charge is 0.306 e. The van der Waals surface area contributed by atoms with Gasteiger partial charge in [0.1, 0.15) is 66.1 Å². The molecule has 0 aromatic heterocycles. The zero-order valence-corrected chi connectivity index (χ0v) is 70.5.